The Morgan fingerprint density at radius 3 is 2.53 bits per heavy atom. The summed E-state index contributed by atoms with van der Waals surface area (Å²) in [7, 11) is 1.30. The normalized spacial score (nSPS) is 17.0. The molecule has 0 fully saturated rings. The molecule has 0 bridgehead atoms. The lowest BCUT2D eigenvalue weighted by Crippen LogP contribution is -2.37. The number of esters is 2. The predicted octanol–water partition coefficient (Wildman–Crippen LogP) is 5.25. The molecule has 0 radical (unpaired) electrons. The minimum atomic E-state index is -1.61. The van der Waals surface area contributed by atoms with E-state index in [0.717, 1.165) is 10.8 Å². The molecule has 1 unspecified atom stereocenters. The van der Waals surface area contributed by atoms with Crippen LogP contribution in [0.2, 0.25) is 0 Å². The third kappa shape index (κ3) is 3.08. The number of ether oxygens (including phenoxy) is 2. The van der Waals surface area contributed by atoms with Crippen LogP contribution in [-0.2, 0) is 15.2 Å². The summed E-state index contributed by atoms with van der Waals surface area (Å²) in [5, 5.41) is 5.10. The van der Waals surface area contributed by atoms with Gasteiger partial charge in [-0.2, -0.15) is 0 Å². The molecule has 1 N–H and O–H groups in total. The van der Waals surface area contributed by atoms with Crippen molar-refractivity contribution >= 4 is 28.4 Å². The molecular formula is C26H18FNO4. The number of hydrogen-bond acceptors (Lipinski definition) is 5. The van der Waals surface area contributed by atoms with Gasteiger partial charge in [0.1, 0.15) is 5.82 Å². The number of halogens is 1. The molecular weight excluding hydrogens is 409 g/mol. The molecule has 4 aromatic rings. The second-order valence-corrected chi connectivity index (χ2v) is 7.49. The zero-order valence-corrected chi connectivity index (χ0v) is 17.1. The number of carbonyl (C=O) groups excluding carboxylic acids is 2. The number of anilines is 1. The van der Waals surface area contributed by atoms with Gasteiger partial charge in [-0.25, -0.2) is 14.0 Å². The molecule has 1 heterocycles. The van der Waals surface area contributed by atoms with Crippen molar-refractivity contribution in [2.24, 2.45) is 0 Å². The number of methoxy groups -OCH3 is 1. The quantitative estimate of drug-likeness (QED) is 0.451. The van der Waals surface area contributed by atoms with E-state index in [1.54, 1.807) is 30.3 Å². The highest BCUT2D eigenvalue weighted by Crippen LogP contribution is 2.44. The van der Waals surface area contributed by atoms with Gasteiger partial charge in [0.25, 0.3) is 0 Å². The third-order valence-corrected chi connectivity index (χ3v) is 5.59. The largest absolute Gasteiger partial charge is 0.465 e. The van der Waals surface area contributed by atoms with Crippen molar-refractivity contribution in [3.8, 4) is 0 Å². The summed E-state index contributed by atoms with van der Waals surface area (Å²) >= 11 is 0. The zero-order valence-electron chi connectivity index (χ0n) is 17.1. The Hall–Kier alpha value is -4.19. The molecule has 0 spiro atoms. The molecule has 4 aromatic carbocycles. The summed E-state index contributed by atoms with van der Waals surface area (Å²) in [6, 6.07) is 24.2. The van der Waals surface area contributed by atoms with Crippen LogP contribution in [-0.4, -0.2) is 19.0 Å². The van der Waals surface area contributed by atoms with Crippen LogP contribution in [0.3, 0.4) is 0 Å². The van der Waals surface area contributed by atoms with Gasteiger partial charge in [-0.1, -0.05) is 48.5 Å². The van der Waals surface area contributed by atoms with E-state index < -0.39 is 23.5 Å². The summed E-state index contributed by atoms with van der Waals surface area (Å²) in [4.78, 5) is 24.8. The maximum Gasteiger partial charge on any atom is 0.341 e. The molecule has 1 atom stereocenters. The molecule has 5 nitrogen and oxygen atoms in total. The van der Waals surface area contributed by atoms with Gasteiger partial charge in [0, 0.05) is 11.3 Å². The molecule has 0 amide bonds. The van der Waals surface area contributed by atoms with Crippen LogP contribution in [0.4, 0.5) is 10.1 Å². The lowest BCUT2D eigenvalue weighted by Gasteiger charge is -2.32. The van der Waals surface area contributed by atoms with Gasteiger partial charge in [-0.05, 0) is 47.2 Å². The Bertz CT molecular complexity index is 1380. The second-order valence-electron chi connectivity index (χ2n) is 7.49. The Kier molecular flexibility index (Phi) is 4.63. The van der Waals surface area contributed by atoms with Crippen molar-refractivity contribution in [3.05, 3.63) is 113 Å². The van der Waals surface area contributed by atoms with Gasteiger partial charge in [0.05, 0.1) is 23.8 Å². The second kappa shape index (κ2) is 7.50. The first-order valence-corrected chi connectivity index (χ1v) is 10.00. The third-order valence-electron chi connectivity index (χ3n) is 5.59. The van der Waals surface area contributed by atoms with E-state index in [1.165, 1.54) is 25.3 Å². The summed E-state index contributed by atoms with van der Waals surface area (Å²) in [6.45, 7) is 0. The maximum atomic E-state index is 15.2. The van der Waals surface area contributed by atoms with Crippen molar-refractivity contribution in [1.29, 1.82) is 0 Å². The fourth-order valence-corrected chi connectivity index (χ4v) is 4.11. The van der Waals surface area contributed by atoms with Crippen molar-refractivity contribution in [1.82, 2.24) is 0 Å². The summed E-state index contributed by atoms with van der Waals surface area (Å²) in [6.07, 6.45) is 0. The van der Waals surface area contributed by atoms with E-state index in [2.05, 4.69) is 5.32 Å². The van der Waals surface area contributed by atoms with Gasteiger partial charge < -0.3 is 14.8 Å². The molecule has 5 rings (SSSR count). The summed E-state index contributed by atoms with van der Waals surface area (Å²) in [5.41, 5.74) is -0.0408. The van der Waals surface area contributed by atoms with Gasteiger partial charge in [0.2, 0.25) is 5.72 Å². The van der Waals surface area contributed by atoms with Gasteiger partial charge in [0.15, 0.2) is 0 Å². The number of nitrogens with one attached hydrogen (secondary N) is 1. The van der Waals surface area contributed by atoms with E-state index in [-0.39, 0.29) is 11.1 Å². The fourth-order valence-electron chi connectivity index (χ4n) is 4.11. The van der Waals surface area contributed by atoms with Crippen LogP contribution in [0, 0.1) is 5.82 Å². The first-order chi connectivity index (χ1) is 15.5. The number of carbonyl (C=O) groups is 2. The number of rotatable bonds is 4. The van der Waals surface area contributed by atoms with Gasteiger partial charge >= 0.3 is 11.9 Å². The van der Waals surface area contributed by atoms with Crippen molar-refractivity contribution < 1.29 is 23.5 Å². The number of hydrogen-bond donors (Lipinski definition) is 1. The Morgan fingerprint density at radius 2 is 1.72 bits per heavy atom. The van der Waals surface area contributed by atoms with Crippen LogP contribution in [0.25, 0.3) is 10.8 Å². The van der Waals surface area contributed by atoms with Crippen LogP contribution >= 0.6 is 0 Å². The Balaban J connectivity index is 1.73. The number of benzene rings is 4. The molecule has 1 aliphatic heterocycles. The molecule has 32 heavy (non-hydrogen) atoms. The molecule has 0 saturated heterocycles. The highest BCUT2D eigenvalue weighted by Gasteiger charge is 2.49. The molecule has 6 heteroatoms. The minimum absolute atomic E-state index is 0.101. The average Bonchev–Trinajstić information content (AvgIpc) is 3.11. The SMILES string of the molecule is COC(=O)c1cccc(NC2(c3ccc4ccccc4c3)OC(=O)c3cccc(F)c32)c1. The summed E-state index contributed by atoms with van der Waals surface area (Å²) < 4.78 is 25.8. The average molecular weight is 427 g/mol. The molecule has 0 aliphatic carbocycles. The van der Waals surface area contributed by atoms with Gasteiger partial charge in [-0.15, -0.1) is 0 Å². The zero-order chi connectivity index (χ0) is 22.3. The standard InChI is InChI=1S/C26H18FNO4/c1-31-24(29)18-8-4-9-20(15-18)28-26(19-13-12-16-6-2-3-7-17(16)14-19)23-21(25(30)32-26)10-5-11-22(23)27/h2-15,28H,1H3. The molecule has 158 valence electrons. The molecule has 0 aromatic heterocycles. The lowest BCUT2D eigenvalue weighted by atomic mass is 9.90. The topological polar surface area (TPSA) is 64.6 Å². The van der Waals surface area contributed by atoms with E-state index in [0.29, 0.717) is 16.8 Å². The lowest BCUT2D eigenvalue weighted by molar-refractivity contribution is 0.0205. The van der Waals surface area contributed by atoms with Crippen LogP contribution in [0.15, 0.2) is 84.9 Å². The fraction of sp³-hybridized carbons (Fsp3) is 0.0769. The van der Waals surface area contributed by atoms with Crippen molar-refractivity contribution in [3.63, 3.8) is 0 Å². The number of cyclic esters (lactones) is 1. The van der Waals surface area contributed by atoms with E-state index in [9.17, 15) is 9.59 Å². The highest BCUT2D eigenvalue weighted by atomic mass is 19.1. The maximum absolute atomic E-state index is 15.2. The summed E-state index contributed by atoms with van der Waals surface area (Å²) in [5.74, 6) is -1.72. The van der Waals surface area contributed by atoms with Crippen LogP contribution in [0.5, 0.6) is 0 Å². The predicted molar refractivity (Wildman–Crippen MR) is 118 cm³/mol. The van der Waals surface area contributed by atoms with E-state index in [1.807, 2.05) is 36.4 Å². The van der Waals surface area contributed by atoms with E-state index in [4.69, 9.17) is 9.47 Å². The number of fused-ring (bicyclic) bond motifs is 2. The Labute approximate surface area is 183 Å². The van der Waals surface area contributed by atoms with E-state index >= 15 is 4.39 Å². The minimum Gasteiger partial charge on any atom is -0.465 e. The Morgan fingerprint density at radius 1 is 0.938 bits per heavy atom. The monoisotopic (exact) mass is 427 g/mol. The highest BCUT2D eigenvalue weighted by molar-refractivity contribution is 5.97. The van der Waals surface area contributed by atoms with Crippen LogP contribution < -0.4 is 5.32 Å². The van der Waals surface area contributed by atoms with Crippen molar-refractivity contribution in [2.75, 3.05) is 12.4 Å². The first kappa shape index (κ1) is 19.8. The smallest absolute Gasteiger partial charge is 0.341 e. The van der Waals surface area contributed by atoms with Gasteiger partial charge in [-0.3, -0.25) is 0 Å². The molecule has 0 saturated carbocycles. The van der Waals surface area contributed by atoms with Crippen molar-refractivity contribution in [2.45, 2.75) is 5.72 Å². The van der Waals surface area contributed by atoms with Crippen LogP contribution in [0.1, 0.15) is 31.8 Å². The first-order valence-electron chi connectivity index (χ1n) is 10.00. The molecule has 1 aliphatic rings.